The second kappa shape index (κ2) is 7.74. The van der Waals surface area contributed by atoms with Gasteiger partial charge in [-0.1, -0.05) is 12.1 Å². The van der Waals surface area contributed by atoms with E-state index in [-0.39, 0.29) is 23.5 Å². The number of ether oxygens (including phenoxy) is 2. The van der Waals surface area contributed by atoms with Crippen molar-refractivity contribution >= 4 is 11.7 Å². The average Bonchev–Trinajstić information content (AvgIpc) is 3.13. The van der Waals surface area contributed by atoms with Crippen LogP contribution in [0.25, 0.3) is 0 Å². The maximum absolute atomic E-state index is 12.0. The van der Waals surface area contributed by atoms with Gasteiger partial charge in [0.15, 0.2) is 11.5 Å². The minimum Gasteiger partial charge on any atom is -0.491 e. The molecule has 1 amide bonds. The quantitative estimate of drug-likeness (QED) is 0.834. The van der Waals surface area contributed by atoms with E-state index in [9.17, 15) is 4.79 Å². The zero-order valence-electron chi connectivity index (χ0n) is 13.3. The average molecular weight is 328 g/mol. The summed E-state index contributed by atoms with van der Waals surface area (Å²) in [5.74, 6) is 0.561. The normalized spacial score (nSPS) is 16.8. The summed E-state index contributed by atoms with van der Waals surface area (Å²) < 4.78 is 11.2. The number of nitrogens with two attached hydrogens (primary N) is 1. The van der Waals surface area contributed by atoms with Crippen LogP contribution in [0, 0.1) is 0 Å². The van der Waals surface area contributed by atoms with Gasteiger partial charge in [0.2, 0.25) is 0 Å². The Morgan fingerprint density at radius 3 is 2.79 bits per heavy atom. The number of benzene rings is 1. The molecule has 2 aromatic rings. The first kappa shape index (κ1) is 16.2. The molecule has 1 aromatic heterocycles. The van der Waals surface area contributed by atoms with Gasteiger partial charge < -0.3 is 20.5 Å². The number of carbonyl (C=O) groups excluding carboxylic acids is 1. The first-order valence-electron chi connectivity index (χ1n) is 7.90. The topological polar surface area (TPSA) is 99.4 Å². The number of nitrogen functional groups attached to an aromatic ring is 1. The lowest BCUT2D eigenvalue weighted by molar-refractivity contribution is 0.0679. The van der Waals surface area contributed by atoms with Crippen LogP contribution in [-0.2, 0) is 11.3 Å². The van der Waals surface area contributed by atoms with E-state index in [0.717, 1.165) is 30.8 Å². The summed E-state index contributed by atoms with van der Waals surface area (Å²) >= 11 is 0. The van der Waals surface area contributed by atoms with Crippen LogP contribution in [0.1, 0.15) is 28.9 Å². The summed E-state index contributed by atoms with van der Waals surface area (Å²) in [5, 5.41) is 2.77. The lowest BCUT2D eigenvalue weighted by atomic mass is 10.2. The van der Waals surface area contributed by atoms with Crippen molar-refractivity contribution in [1.82, 2.24) is 15.3 Å². The second-order valence-corrected chi connectivity index (χ2v) is 5.56. The number of amides is 1. The SMILES string of the molecule is Nc1nccnc1C(=O)NCc1ccc(OC[C@H]2CCCO2)cc1. The molecule has 126 valence electrons. The third-order valence-electron chi connectivity index (χ3n) is 3.78. The van der Waals surface area contributed by atoms with E-state index in [1.165, 1.54) is 12.4 Å². The van der Waals surface area contributed by atoms with Crippen molar-refractivity contribution in [3.8, 4) is 5.75 Å². The number of rotatable bonds is 6. The molecule has 1 saturated heterocycles. The summed E-state index contributed by atoms with van der Waals surface area (Å²) in [7, 11) is 0. The molecule has 3 N–H and O–H groups in total. The van der Waals surface area contributed by atoms with E-state index in [1.54, 1.807) is 0 Å². The molecule has 0 spiro atoms. The highest BCUT2D eigenvalue weighted by Crippen LogP contribution is 2.16. The second-order valence-electron chi connectivity index (χ2n) is 5.56. The van der Waals surface area contributed by atoms with Crippen LogP contribution >= 0.6 is 0 Å². The number of nitrogens with one attached hydrogen (secondary N) is 1. The third kappa shape index (κ3) is 4.20. The number of anilines is 1. The molecule has 2 heterocycles. The monoisotopic (exact) mass is 328 g/mol. The predicted octanol–water partition coefficient (Wildman–Crippen LogP) is 1.55. The summed E-state index contributed by atoms with van der Waals surface area (Å²) in [6.45, 7) is 1.77. The molecule has 0 radical (unpaired) electrons. The van der Waals surface area contributed by atoms with Crippen LogP contribution in [0.5, 0.6) is 5.75 Å². The Kier molecular flexibility index (Phi) is 5.22. The molecular weight excluding hydrogens is 308 g/mol. The molecule has 7 nitrogen and oxygen atoms in total. The zero-order valence-corrected chi connectivity index (χ0v) is 13.3. The third-order valence-corrected chi connectivity index (χ3v) is 3.78. The first-order valence-corrected chi connectivity index (χ1v) is 7.90. The van der Waals surface area contributed by atoms with Crippen molar-refractivity contribution < 1.29 is 14.3 Å². The van der Waals surface area contributed by atoms with Gasteiger partial charge in [0.25, 0.3) is 5.91 Å². The molecular formula is C17H20N4O3. The summed E-state index contributed by atoms with van der Waals surface area (Å²) in [5.41, 5.74) is 6.72. The number of carbonyl (C=O) groups is 1. The molecule has 3 rings (SSSR count). The molecule has 7 heteroatoms. The van der Waals surface area contributed by atoms with Gasteiger partial charge in [-0.25, -0.2) is 9.97 Å². The highest BCUT2D eigenvalue weighted by Gasteiger charge is 2.16. The van der Waals surface area contributed by atoms with E-state index in [2.05, 4.69) is 15.3 Å². The Morgan fingerprint density at radius 1 is 1.29 bits per heavy atom. The van der Waals surface area contributed by atoms with Gasteiger partial charge in [-0.2, -0.15) is 0 Å². The largest absolute Gasteiger partial charge is 0.491 e. The molecule has 0 saturated carbocycles. The smallest absolute Gasteiger partial charge is 0.273 e. The number of aromatic nitrogens is 2. The van der Waals surface area contributed by atoms with Crippen LogP contribution in [0.4, 0.5) is 5.82 Å². The fraction of sp³-hybridized carbons (Fsp3) is 0.353. The van der Waals surface area contributed by atoms with Crippen LogP contribution < -0.4 is 15.8 Å². The van der Waals surface area contributed by atoms with Gasteiger partial charge in [0, 0.05) is 25.5 Å². The molecule has 1 aliphatic rings. The van der Waals surface area contributed by atoms with Gasteiger partial charge >= 0.3 is 0 Å². The Morgan fingerprint density at radius 2 is 2.08 bits per heavy atom. The van der Waals surface area contributed by atoms with E-state index >= 15 is 0 Å². The van der Waals surface area contributed by atoms with E-state index in [0.29, 0.717) is 13.2 Å². The number of hydrogen-bond donors (Lipinski definition) is 2. The number of hydrogen-bond acceptors (Lipinski definition) is 6. The fourth-order valence-corrected chi connectivity index (χ4v) is 2.46. The van der Waals surface area contributed by atoms with Crippen LogP contribution in [0.2, 0.25) is 0 Å². The first-order chi connectivity index (χ1) is 11.7. The van der Waals surface area contributed by atoms with Crippen LogP contribution in [0.15, 0.2) is 36.7 Å². The molecule has 0 aliphatic carbocycles. The van der Waals surface area contributed by atoms with Gasteiger partial charge in [-0.15, -0.1) is 0 Å². The molecule has 1 fully saturated rings. The molecule has 0 bridgehead atoms. The van der Waals surface area contributed by atoms with Crippen LogP contribution in [-0.4, -0.2) is 35.2 Å². The lowest BCUT2D eigenvalue weighted by Crippen LogP contribution is -2.25. The Balaban J connectivity index is 1.49. The summed E-state index contributed by atoms with van der Waals surface area (Å²) in [6.07, 6.45) is 5.23. The highest BCUT2D eigenvalue weighted by atomic mass is 16.5. The van der Waals surface area contributed by atoms with Crippen LogP contribution in [0.3, 0.4) is 0 Å². The van der Waals surface area contributed by atoms with Crippen molar-refractivity contribution in [2.45, 2.75) is 25.5 Å². The molecule has 24 heavy (non-hydrogen) atoms. The maximum Gasteiger partial charge on any atom is 0.273 e. The summed E-state index contributed by atoms with van der Waals surface area (Å²) in [6, 6.07) is 7.58. The van der Waals surface area contributed by atoms with Crippen molar-refractivity contribution in [3.05, 3.63) is 47.9 Å². The van der Waals surface area contributed by atoms with E-state index in [1.807, 2.05) is 24.3 Å². The Bertz CT molecular complexity index is 684. The predicted molar refractivity (Wildman–Crippen MR) is 88.5 cm³/mol. The van der Waals surface area contributed by atoms with E-state index < -0.39 is 0 Å². The van der Waals surface area contributed by atoms with Gasteiger partial charge in [0.1, 0.15) is 12.4 Å². The van der Waals surface area contributed by atoms with Crippen molar-refractivity contribution in [2.24, 2.45) is 0 Å². The lowest BCUT2D eigenvalue weighted by Gasteiger charge is -2.12. The summed E-state index contributed by atoms with van der Waals surface area (Å²) in [4.78, 5) is 19.8. The maximum atomic E-state index is 12.0. The van der Waals surface area contributed by atoms with Crippen molar-refractivity contribution in [1.29, 1.82) is 0 Å². The Hall–Kier alpha value is -2.67. The minimum absolute atomic E-state index is 0.118. The molecule has 1 aliphatic heterocycles. The van der Waals surface area contributed by atoms with Gasteiger partial charge in [0.05, 0.1) is 6.10 Å². The van der Waals surface area contributed by atoms with Gasteiger partial charge in [-0.05, 0) is 30.5 Å². The van der Waals surface area contributed by atoms with Crippen molar-refractivity contribution in [3.63, 3.8) is 0 Å². The minimum atomic E-state index is -0.348. The zero-order chi connectivity index (χ0) is 16.8. The molecule has 0 unspecified atom stereocenters. The highest BCUT2D eigenvalue weighted by molar-refractivity contribution is 5.96. The van der Waals surface area contributed by atoms with E-state index in [4.69, 9.17) is 15.2 Å². The Labute approximate surface area is 140 Å². The molecule has 1 atom stereocenters. The van der Waals surface area contributed by atoms with Crippen molar-refractivity contribution in [2.75, 3.05) is 18.9 Å². The fourth-order valence-electron chi connectivity index (χ4n) is 2.46. The molecule has 1 aromatic carbocycles. The standard InChI is InChI=1S/C17H20N4O3/c18-16-15(19-7-8-20-16)17(22)21-10-12-3-5-13(6-4-12)24-11-14-2-1-9-23-14/h3-8,14H,1-2,9-11H2,(H2,18,20)(H,21,22)/t14-/m1/s1. The van der Waals surface area contributed by atoms with Gasteiger partial charge in [-0.3, -0.25) is 4.79 Å². The number of nitrogens with zero attached hydrogens (tertiary/aromatic N) is 2.